The second-order valence-electron chi connectivity index (χ2n) is 3.04. The number of allylic oxidation sites excluding steroid dienone is 1. The van der Waals surface area contributed by atoms with Crippen molar-refractivity contribution >= 4 is 5.78 Å². The molecule has 1 heterocycles. The Morgan fingerprint density at radius 3 is 2.57 bits per heavy atom. The first-order valence-electron chi connectivity index (χ1n) is 4.40. The highest BCUT2D eigenvalue weighted by Gasteiger charge is 2.16. The second-order valence-corrected chi connectivity index (χ2v) is 3.04. The fraction of sp³-hybridized carbons (Fsp3) is 0.182. The number of halogens is 1. The summed E-state index contributed by atoms with van der Waals surface area (Å²) in [5.74, 6) is -0.151. The lowest BCUT2D eigenvalue weighted by atomic mass is 10.1. The molecule has 0 saturated carbocycles. The van der Waals surface area contributed by atoms with E-state index in [4.69, 9.17) is 4.74 Å². The summed E-state index contributed by atoms with van der Waals surface area (Å²) >= 11 is 0. The number of carbonyl (C=O) groups is 1. The molecule has 0 aromatic heterocycles. The van der Waals surface area contributed by atoms with Gasteiger partial charge in [-0.1, -0.05) is 0 Å². The van der Waals surface area contributed by atoms with E-state index in [1.54, 1.807) is 6.08 Å². The molecule has 14 heavy (non-hydrogen) atoms. The number of ether oxygens (including phenoxy) is 1. The van der Waals surface area contributed by atoms with Crippen molar-refractivity contribution in [1.82, 2.24) is 0 Å². The average molecular weight is 192 g/mol. The molecule has 0 amide bonds. The van der Waals surface area contributed by atoms with Crippen molar-refractivity contribution in [3.8, 4) is 0 Å². The van der Waals surface area contributed by atoms with Crippen LogP contribution in [0.15, 0.2) is 36.1 Å². The number of carbonyl (C=O) groups excluding carboxylic acids is 1. The molecule has 1 aliphatic rings. The van der Waals surface area contributed by atoms with E-state index < -0.39 is 0 Å². The number of ketones is 1. The van der Waals surface area contributed by atoms with Gasteiger partial charge in [0, 0.05) is 12.0 Å². The van der Waals surface area contributed by atoms with Crippen LogP contribution in [0.4, 0.5) is 4.39 Å². The molecule has 1 aromatic rings. The summed E-state index contributed by atoms with van der Waals surface area (Å²) in [5, 5.41) is 0. The van der Waals surface area contributed by atoms with Crippen LogP contribution in [0.3, 0.4) is 0 Å². The smallest absolute Gasteiger partial charge is 0.227 e. The Balaban J connectivity index is 2.22. The minimum atomic E-state index is -0.345. The van der Waals surface area contributed by atoms with Crippen LogP contribution in [0.25, 0.3) is 0 Å². The molecule has 0 aliphatic carbocycles. The molecule has 0 bridgehead atoms. The molecule has 0 fully saturated rings. The summed E-state index contributed by atoms with van der Waals surface area (Å²) in [7, 11) is 0. The third-order valence-electron chi connectivity index (χ3n) is 2.04. The van der Waals surface area contributed by atoms with Crippen molar-refractivity contribution in [2.45, 2.75) is 6.42 Å². The zero-order chi connectivity index (χ0) is 9.97. The Labute approximate surface area is 81.0 Å². The molecule has 0 atom stereocenters. The molecule has 0 spiro atoms. The Bertz CT molecular complexity index is 379. The Kier molecular flexibility index (Phi) is 2.31. The third kappa shape index (κ3) is 1.66. The van der Waals surface area contributed by atoms with E-state index >= 15 is 0 Å². The number of hydrogen-bond acceptors (Lipinski definition) is 2. The largest absolute Gasteiger partial charge is 0.489 e. The zero-order valence-electron chi connectivity index (χ0n) is 7.50. The van der Waals surface area contributed by atoms with Gasteiger partial charge in [-0.25, -0.2) is 4.39 Å². The Morgan fingerprint density at radius 2 is 2.00 bits per heavy atom. The average Bonchev–Trinajstić information content (AvgIpc) is 2.71. The molecule has 2 rings (SSSR count). The minimum absolute atomic E-state index is 0.178. The Hall–Kier alpha value is -1.64. The lowest BCUT2D eigenvalue weighted by molar-refractivity contribution is 0.0942. The second kappa shape index (κ2) is 3.62. The summed E-state index contributed by atoms with van der Waals surface area (Å²) in [6.07, 6.45) is 2.52. The van der Waals surface area contributed by atoms with Crippen LogP contribution in [0.5, 0.6) is 0 Å². The van der Waals surface area contributed by atoms with Gasteiger partial charge < -0.3 is 4.74 Å². The number of hydrogen-bond donors (Lipinski definition) is 0. The minimum Gasteiger partial charge on any atom is -0.489 e. The van der Waals surface area contributed by atoms with Crippen LogP contribution in [0.2, 0.25) is 0 Å². The predicted molar refractivity (Wildman–Crippen MR) is 49.4 cm³/mol. The molecule has 0 radical (unpaired) electrons. The van der Waals surface area contributed by atoms with Crippen LogP contribution in [-0.4, -0.2) is 12.4 Å². The highest BCUT2D eigenvalue weighted by Crippen LogP contribution is 2.15. The van der Waals surface area contributed by atoms with Gasteiger partial charge in [0.05, 0.1) is 6.61 Å². The van der Waals surface area contributed by atoms with Gasteiger partial charge in [-0.05, 0) is 30.3 Å². The standard InChI is InChI=1S/C11H9FO2/c12-9-5-3-8(4-6-9)11(13)10-2-1-7-14-10/h2-6H,1,7H2. The molecule has 0 saturated heterocycles. The summed E-state index contributed by atoms with van der Waals surface area (Å²) in [4.78, 5) is 11.6. The first-order chi connectivity index (χ1) is 6.77. The first-order valence-corrected chi connectivity index (χ1v) is 4.40. The summed E-state index contributed by atoms with van der Waals surface area (Å²) < 4.78 is 17.7. The highest BCUT2D eigenvalue weighted by molar-refractivity contribution is 6.07. The van der Waals surface area contributed by atoms with Crippen LogP contribution in [-0.2, 0) is 4.74 Å². The van der Waals surface area contributed by atoms with Crippen molar-refractivity contribution in [1.29, 1.82) is 0 Å². The van der Waals surface area contributed by atoms with Gasteiger partial charge in [-0.3, -0.25) is 4.79 Å². The number of benzene rings is 1. The van der Waals surface area contributed by atoms with Crippen LogP contribution >= 0.6 is 0 Å². The van der Waals surface area contributed by atoms with Gasteiger partial charge in [0.25, 0.3) is 0 Å². The first kappa shape index (κ1) is 8.94. The molecule has 1 aromatic carbocycles. The summed E-state index contributed by atoms with van der Waals surface area (Å²) in [6.45, 7) is 0.558. The van der Waals surface area contributed by atoms with Gasteiger partial charge in [0.15, 0.2) is 5.76 Å². The van der Waals surface area contributed by atoms with Gasteiger partial charge in [0.2, 0.25) is 5.78 Å². The highest BCUT2D eigenvalue weighted by atomic mass is 19.1. The van der Waals surface area contributed by atoms with E-state index in [0.29, 0.717) is 17.9 Å². The maximum atomic E-state index is 12.6. The Morgan fingerprint density at radius 1 is 1.29 bits per heavy atom. The molecule has 0 N–H and O–H groups in total. The zero-order valence-corrected chi connectivity index (χ0v) is 7.50. The topological polar surface area (TPSA) is 26.3 Å². The van der Waals surface area contributed by atoms with Crippen LogP contribution in [0, 0.1) is 5.82 Å². The van der Waals surface area contributed by atoms with Gasteiger partial charge in [-0.15, -0.1) is 0 Å². The van der Waals surface area contributed by atoms with Crippen molar-refractivity contribution in [2.24, 2.45) is 0 Å². The summed E-state index contributed by atoms with van der Waals surface area (Å²) in [6, 6.07) is 5.45. The number of Topliss-reactive ketones (excluding diaryl/α,β-unsaturated/α-hetero) is 1. The van der Waals surface area contributed by atoms with E-state index in [-0.39, 0.29) is 11.6 Å². The van der Waals surface area contributed by atoms with Crippen molar-refractivity contribution in [3.63, 3.8) is 0 Å². The maximum absolute atomic E-state index is 12.6. The van der Waals surface area contributed by atoms with E-state index in [1.807, 2.05) is 0 Å². The fourth-order valence-corrected chi connectivity index (χ4v) is 1.32. The molecule has 1 aliphatic heterocycles. The molecule has 0 unspecified atom stereocenters. The number of rotatable bonds is 2. The van der Waals surface area contributed by atoms with Crippen molar-refractivity contribution in [3.05, 3.63) is 47.5 Å². The van der Waals surface area contributed by atoms with Crippen molar-refractivity contribution in [2.75, 3.05) is 6.61 Å². The van der Waals surface area contributed by atoms with E-state index in [9.17, 15) is 9.18 Å². The molecule has 72 valence electrons. The fourth-order valence-electron chi connectivity index (χ4n) is 1.32. The molecular weight excluding hydrogens is 183 g/mol. The third-order valence-corrected chi connectivity index (χ3v) is 2.04. The van der Waals surface area contributed by atoms with Gasteiger partial charge in [-0.2, -0.15) is 0 Å². The van der Waals surface area contributed by atoms with Crippen LogP contribution < -0.4 is 0 Å². The van der Waals surface area contributed by atoms with Gasteiger partial charge in [0.1, 0.15) is 5.82 Å². The lowest BCUT2D eigenvalue weighted by Gasteiger charge is -2.02. The molecule has 3 heteroatoms. The maximum Gasteiger partial charge on any atom is 0.227 e. The monoisotopic (exact) mass is 192 g/mol. The predicted octanol–water partition coefficient (Wildman–Crippen LogP) is 2.31. The van der Waals surface area contributed by atoms with E-state index in [0.717, 1.165) is 6.42 Å². The normalized spacial score (nSPS) is 14.8. The molecule has 2 nitrogen and oxygen atoms in total. The quantitative estimate of drug-likeness (QED) is 0.672. The molecular formula is C11H9FO2. The van der Waals surface area contributed by atoms with Crippen molar-refractivity contribution < 1.29 is 13.9 Å². The summed E-state index contributed by atoms with van der Waals surface area (Å²) in [5.41, 5.74) is 0.458. The SMILES string of the molecule is O=C(C1=CCCO1)c1ccc(F)cc1. The van der Waals surface area contributed by atoms with Crippen LogP contribution in [0.1, 0.15) is 16.8 Å². The van der Waals surface area contributed by atoms with Gasteiger partial charge >= 0.3 is 0 Å². The lowest BCUT2D eigenvalue weighted by Crippen LogP contribution is -2.03. The van der Waals surface area contributed by atoms with E-state index in [1.165, 1.54) is 24.3 Å². The van der Waals surface area contributed by atoms with E-state index in [2.05, 4.69) is 0 Å².